The number of rotatable bonds is 5. The number of hydrogen-bond acceptors (Lipinski definition) is 9. The molecule has 0 bridgehead atoms. The number of pyridine rings is 1. The Morgan fingerprint density at radius 3 is 2.73 bits per heavy atom. The Balaban J connectivity index is 1.39. The molecule has 0 saturated carbocycles. The molecule has 216 valence electrons. The number of alkyl halides is 3. The van der Waals surface area contributed by atoms with Gasteiger partial charge in [-0.05, 0) is 32.0 Å². The van der Waals surface area contributed by atoms with Gasteiger partial charge in [-0.1, -0.05) is 23.7 Å². The zero-order valence-corrected chi connectivity index (χ0v) is 22.7. The lowest BCUT2D eigenvalue weighted by atomic mass is 10.1. The Morgan fingerprint density at radius 2 is 1.98 bits per heavy atom. The highest BCUT2D eigenvalue weighted by atomic mass is 35.5. The van der Waals surface area contributed by atoms with Gasteiger partial charge in [0.2, 0.25) is 11.7 Å². The Morgan fingerprint density at radius 1 is 1.20 bits per heavy atom. The normalized spacial score (nSPS) is 23.5. The molecule has 2 aliphatic rings. The highest BCUT2D eigenvalue weighted by Crippen LogP contribution is 2.40. The summed E-state index contributed by atoms with van der Waals surface area (Å²) in [6, 6.07) is 6.96. The first-order valence-corrected chi connectivity index (χ1v) is 13.4. The molecule has 4 aromatic rings. The first-order chi connectivity index (χ1) is 19.5. The Kier molecular flexibility index (Phi) is 6.81. The van der Waals surface area contributed by atoms with E-state index in [0.717, 1.165) is 0 Å². The number of hydrogen-bond donors (Lipinski definition) is 1. The Bertz CT molecular complexity index is 1630. The van der Waals surface area contributed by atoms with Crippen LogP contribution in [-0.4, -0.2) is 70.0 Å². The summed E-state index contributed by atoms with van der Waals surface area (Å²) in [4.78, 5) is 27.6. The number of para-hydroxylation sites is 1. The van der Waals surface area contributed by atoms with Crippen LogP contribution in [-0.2, 0) is 15.7 Å². The highest BCUT2D eigenvalue weighted by molar-refractivity contribution is 6.30. The van der Waals surface area contributed by atoms with Crippen LogP contribution in [0.15, 0.2) is 40.9 Å². The summed E-state index contributed by atoms with van der Waals surface area (Å²) in [5, 5.41) is 10.8. The van der Waals surface area contributed by atoms with Crippen LogP contribution >= 0.6 is 11.6 Å². The van der Waals surface area contributed by atoms with Crippen LogP contribution < -0.4 is 14.5 Å². The van der Waals surface area contributed by atoms with E-state index in [0.29, 0.717) is 34.8 Å². The smallest absolute Gasteiger partial charge is 0.451 e. The van der Waals surface area contributed by atoms with Crippen LogP contribution in [0.1, 0.15) is 26.1 Å². The standard InChI is InChI=1S/C27H25ClF3N5O5/c1-13-14(2)39-8-7-35(13)18-9-15(28)11-32-24(18)40-16-10-19(25(37)38)36(12-16)23-22-21(33-26(34-23)27(29,30)31)17-5-3-4-6-20(17)41-22/h3-6,9,11,13-14,16,19H,7-8,10,12H2,1-2H3,(H,37,38)/t13-,14-,16-,19-/m0/s1. The molecule has 1 N–H and O–H groups in total. The first kappa shape index (κ1) is 27.3. The fourth-order valence-corrected chi connectivity index (χ4v) is 5.54. The average Bonchev–Trinajstić information content (AvgIpc) is 3.52. The van der Waals surface area contributed by atoms with Crippen molar-refractivity contribution in [1.82, 2.24) is 15.0 Å². The number of aliphatic carboxylic acids is 1. The summed E-state index contributed by atoms with van der Waals surface area (Å²) in [6.07, 6.45) is -4.30. The van der Waals surface area contributed by atoms with Gasteiger partial charge in [0, 0.05) is 24.5 Å². The van der Waals surface area contributed by atoms with Gasteiger partial charge in [-0.25, -0.2) is 19.7 Å². The van der Waals surface area contributed by atoms with E-state index in [1.165, 1.54) is 11.1 Å². The third kappa shape index (κ3) is 4.97. The summed E-state index contributed by atoms with van der Waals surface area (Å²) in [7, 11) is 0. The van der Waals surface area contributed by atoms with E-state index in [4.69, 9.17) is 25.5 Å². The van der Waals surface area contributed by atoms with Crippen molar-refractivity contribution < 1.29 is 37.0 Å². The lowest BCUT2D eigenvalue weighted by Crippen LogP contribution is -2.48. The first-order valence-electron chi connectivity index (χ1n) is 13.0. The number of aromatic nitrogens is 3. The SMILES string of the molecule is C[C@@H]1OCCN(c2cc(Cl)cnc2O[C@H]2C[C@@H](C(=O)O)N(c3nc(C(F)(F)F)nc4c3oc3ccccc34)C2)[C@H]1C. The summed E-state index contributed by atoms with van der Waals surface area (Å²) < 4.78 is 59.5. The number of anilines is 2. The van der Waals surface area contributed by atoms with Crippen molar-refractivity contribution in [1.29, 1.82) is 0 Å². The van der Waals surface area contributed by atoms with Gasteiger partial charge in [0.25, 0.3) is 0 Å². The molecule has 10 nitrogen and oxygen atoms in total. The second kappa shape index (κ2) is 10.2. The lowest BCUT2D eigenvalue weighted by Gasteiger charge is -2.39. The van der Waals surface area contributed by atoms with Gasteiger partial charge in [-0.2, -0.15) is 13.2 Å². The van der Waals surface area contributed by atoms with E-state index in [1.54, 1.807) is 30.3 Å². The van der Waals surface area contributed by atoms with Crippen molar-refractivity contribution >= 4 is 51.1 Å². The second-order valence-corrected chi connectivity index (χ2v) is 10.6. The number of halogens is 4. The number of fused-ring (bicyclic) bond motifs is 3. The minimum absolute atomic E-state index is 0.0265. The van der Waals surface area contributed by atoms with Gasteiger partial charge in [0.1, 0.15) is 28.9 Å². The molecule has 0 unspecified atom stereocenters. The number of ether oxygens (including phenoxy) is 2. The zero-order chi connectivity index (χ0) is 29.1. The molecule has 6 rings (SSSR count). The third-order valence-electron chi connectivity index (χ3n) is 7.55. The minimum Gasteiger partial charge on any atom is -0.480 e. The number of carboxylic acids is 1. The number of furan rings is 1. The predicted molar refractivity (Wildman–Crippen MR) is 144 cm³/mol. The van der Waals surface area contributed by atoms with Crippen molar-refractivity contribution in [2.75, 3.05) is 29.5 Å². The highest BCUT2D eigenvalue weighted by Gasteiger charge is 2.43. The quantitative estimate of drug-likeness (QED) is 0.333. The monoisotopic (exact) mass is 591 g/mol. The summed E-state index contributed by atoms with van der Waals surface area (Å²) in [6.45, 7) is 4.91. The molecule has 1 aromatic carbocycles. The fourth-order valence-electron chi connectivity index (χ4n) is 5.39. The van der Waals surface area contributed by atoms with Crippen molar-refractivity contribution in [2.45, 2.75) is 50.7 Å². The number of morpholine rings is 1. The van der Waals surface area contributed by atoms with E-state index in [2.05, 4.69) is 19.9 Å². The van der Waals surface area contributed by atoms with Gasteiger partial charge in [-0.15, -0.1) is 0 Å². The number of carbonyl (C=O) groups is 1. The van der Waals surface area contributed by atoms with E-state index < -0.39 is 30.1 Å². The molecule has 0 radical (unpaired) electrons. The largest absolute Gasteiger partial charge is 0.480 e. The van der Waals surface area contributed by atoms with Gasteiger partial charge < -0.3 is 28.8 Å². The van der Waals surface area contributed by atoms with Gasteiger partial charge >= 0.3 is 12.1 Å². The molecule has 5 heterocycles. The van der Waals surface area contributed by atoms with Crippen LogP contribution in [0.5, 0.6) is 5.88 Å². The van der Waals surface area contributed by atoms with E-state index >= 15 is 0 Å². The molecule has 2 aliphatic heterocycles. The third-order valence-corrected chi connectivity index (χ3v) is 7.75. The van der Waals surface area contributed by atoms with E-state index in [1.807, 2.05) is 13.8 Å². The Hall–Kier alpha value is -3.84. The zero-order valence-electron chi connectivity index (χ0n) is 21.9. The maximum absolute atomic E-state index is 13.9. The van der Waals surface area contributed by atoms with Gasteiger partial charge in [0.05, 0.1) is 30.3 Å². The number of benzene rings is 1. The van der Waals surface area contributed by atoms with E-state index in [-0.39, 0.29) is 47.9 Å². The van der Waals surface area contributed by atoms with Crippen LogP contribution in [0.4, 0.5) is 24.7 Å². The summed E-state index contributed by atoms with van der Waals surface area (Å²) in [5.41, 5.74) is 0.836. The molecule has 2 fully saturated rings. The summed E-state index contributed by atoms with van der Waals surface area (Å²) in [5.74, 6) is -2.67. The second-order valence-electron chi connectivity index (χ2n) is 10.1. The Labute approximate surface area is 236 Å². The molecule has 14 heteroatoms. The fraction of sp³-hybridized carbons (Fsp3) is 0.407. The topological polar surface area (TPSA) is 114 Å². The van der Waals surface area contributed by atoms with Gasteiger partial charge in [0.15, 0.2) is 11.4 Å². The molecule has 0 aliphatic carbocycles. The predicted octanol–water partition coefficient (Wildman–Crippen LogP) is 5.17. The number of nitrogens with zero attached hydrogens (tertiary/aromatic N) is 5. The average molecular weight is 592 g/mol. The number of carboxylic acid groups (broad SMARTS) is 1. The van der Waals surface area contributed by atoms with Crippen molar-refractivity contribution in [2.24, 2.45) is 0 Å². The van der Waals surface area contributed by atoms with Crippen LogP contribution in [0.25, 0.3) is 22.1 Å². The van der Waals surface area contributed by atoms with E-state index in [9.17, 15) is 23.1 Å². The molecular weight excluding hydrogens is 567 g/mol. The molecule has 41 heavy (non-hydrogen) atoms. The molecule has 4 atom stereocenters. The van der Waals surface area contributed by atoms with Crippen molar-refractivity contribution in [3.8, 4) is 5.88 Å². The van der Waals surface area contributed by atoms with Crippen molar-refractivity contribution in [3.05, 3.63) is 47.4 Å². The minimum atomic E-state index is -4.87. The maximum Gasteiger partial charge on any atom is 0.451 e. The van der Waals surface area contributed by atoms with Crippen LogP contribution in [0.2, 0.25) is 5.02 Å². The van der Waals surface area contributed by atoms with Crippen LogP contribution in [0.3, 0.4) is 0 Å². The summed E-state index contributed by atoms with van der Waals surface area (Å²) >= 11 is 6.27. The lowest BCUT2D eigenvalue weighted by molar-refractivity contribution is -0.144. The van der Waals surface area contributed by atoms with Gasteiger partial charge in [-0.3, -0.25) is 0 Å². The maximum atomic E-state index is 13.9. The molecule has 3 aromatic heterocycles. The molecule has 0 spiro atoms. The van der Waals surface area contributed by atoms with Crippen LogP contribution in [0, 0.1) is 0 Å². The van der Waals surface area contributed by atoms with Crippen molar-refractivity contribution in [3.63, 3.8) is 0 Å². The molecule has 0 amide bonds. The molecular formula is C27H25ClF3N5O5. The molecule has 2 saturated heterocycles.